The predicted octanol–water partition coefficient (Wildman–Crippen LogP) is 2.33. The van der Waals surface area contributed by atoms with Crippen LogP contribution in [0.3, 0.4) is 0 Å². The van der Waals surface area contributed by atoms with Gasteiger partial charge in [-0.25, -0.2) is 10.0 Å². The van der Waals surface area contributed by atoms with Gasteiger partial charge in [-0.1, -0.05) is 38.0 Å². The molecule has 1 N–H and O–H groups in total. The fraction of sp³-hybridized carbons (Fsp3) is 0.579. The first-order valence-corrected chi connectivity index (χ1v) is 8.94. The van der Waals surface area contributed by atoms with E-state index >= 15 is 0 Å². The minimum atomic E-state index is -0.690. The Hall–Kier alpha value is -1.72. The van der Waals surface area contributed by atoms with Crippen molar-refractivity contribution in [2.75, 3.05) is 19.6 Å². The number of unbranched alkanes of at least 4 members (excludes halogenated alkanes) is 1. The van der Waals surface area contributed by atoms with Crippen LogP contribution in [0, 0.1) is 0 Å². The standard InChI is InChI=1S/C19H27N3O2/c1-4-5-8-14-13-20-11-12-21(14)22-17(23)15-9-6-7-10-16(15)19(2,3)18(22)24/h6-7,9-10,14,20H,4-5,8,11-13H2,1-3H3. The van der Waals surface area contributed by atoms with Gasteiger partial charge in [0.25, 0.3) is 11.8 Å². The molecule has 0 bridgehead atoms. The summed E-state index contributed by atoms with van der Waals surface area (Å²) < 4.78 is 0. The molecule has 2 amide bonds. The summed E-state index contributed by atoms with van der Waals surface area (Å²) in [5, 5.41) is 6.83. The monoisotopic (exact) mass is 329 g/mol. The zero-order valence-electron chi connectivity index (χ0n) is 14.8. The number of piperazine rings is 1. The van der Waals surface area contributed by atoms with Crippen LogP contribution in [-0.4, -0.2) is 47.5 Å². The molecule has 1 unspecified atom stereocenters. The number of hydrogen-bond donors (Lipinski definition) is 1. The number of nitrogens with zero attached hydrogens (tertiary/aromatic N) is 2. The van der Waals surface area contributed by atoms with Crippen molar-refractivity contribution in [2.24, 2.45) is 0 Å². The van der Waals surface area contributed by atoms with Crippen LogP contribution in [0.2, 0.25) is 0 Å². The number of hydrogen-bond acceptors (Lipinski definition) is 4. The van der Waals surface area contributed by atoms with Crippen molar-refractivity contribution >= 4 is 11.8 Å². The second-order valence-corrected chi connectivity index (χ2v) is 7.26. The molecule has 0 aliphatic carbocycles. The Morgan fingerprint density at radius 1 is 1.25 bits per heavy atom. The van der Waals surface area contributed by atoms with E-state index in [9.17, 15) is 9.59 Å². The lowest BCUT2D eigenvalue weighted by molar-refractivity contribution is -0.154. The van der Waals surface area contributed by atoms with E-state index in [1.807, 2.05) is 43.1 Å². The number of carbonyl (C=O) groups is 2. The second-order valence-electron chi connectivity index (χ2n) is 7.26. The summed E-state index contributed by atoms with van der Waals surface area (Å²) in [4.78, 5) is 26.3. The Kier molecular flexibility index (Phi) is 4.74. The summed E-state index contributed by atoms with van der Waals surface area (Å²) in [5.41, 5.74) is 0.788. The summed E-state index contributed by atoms with van der Waals surface area (Å²) in [5.74, 6) is -0.298. The van der Waals surface area contributed by atoms with Crippen molar-refractivity contribution in [3.05, 3.63) is 35.4 Å². The third kappa shape index (κ3) is 2.76. The number of benzene rings is 1. The average Bonchev–Trinajstić information content (AvgIpc) is 2.60. The van der Waals surface area contributed by atoms with Gasteiger partial charge in [0, 0.05) is 31.2 Å². The SMILES string of the molecule is CCCCC1CNCCN1N1C(=O)c2ccccc2C(C)(C)C1=O. The quantitative estimate of drug-likeness (QED) is 0.862. The van der Waals surface area contributed by atoms with Crippen LogP contribution in [0.25, 0.3) is 0 Å². The van der Waals surface area contributed by atoms with Crippen molar-refractivity contribution in [3.63, 3.8) is 0 Å². The molecule has 2 aliphatic heterocycles. The number of amides is 2. The normalized spacial score (nSPS) is 24.1. The zero-order chi connectivity index (χ0) is 17.3. The first kappa shape index (κ1) is 17.1. The molecule has 2 aliphatic rings. The number of imide groups is 1. The van der Waals surface area contributed by atoms with E-state index < -0.39 is 5.41 Å². The fourth-order valence-corrected chi connectivity index (χ4v) is 3.74. The number of hydrazine groups is 1. The minimum absolute atomic E-state index is 0.116. The number of fused-ring (bicyclic) bond motifs is 1. The maximum atomic E-state index is 13.2. The van der Waals surface area contributed by atoms with Gasteiger partial charge in [-0.2, -0.15) is 0 Å². The average molecular weight is 329 g/mol. The molecule has 1 aromatic carbocycles. The lowest BCUT2D eigenvalue weighted by Gasteiger charge is -2.47. The van der Waals surface area contributed by atoms with Gasteiger partial charge < -0.3 is 5.32 Å². The molecule has 0 spiro atoms. The second kappa shape index (κ2) is 6.65. The van der Waals surface area contributed by atoms with E-state index in [4.69, 9.17) is 0 Å². The molecule has 5 heteroatoms. The highest BCUT2D eigenvalue weighted by Gasteiger charge is 2.48. The van der Waals surface area contributed by atoms with E-state index in [2.05, 4.69) is 12.2 Å². The minimum Gasteiger partial charge on any atom is -0.314 e. The highest BCUT2D eigenvalue weighted by molar-refractivity contribution is 6.12. The largest absolute Gasteiger partial charge is 0.314 e. The van der Waals surface area contributed by atoms with Crippen molar-refractivity contribution in [3.8, 4) is 0 Å². The summed E-state index contributed by atoms with van der Waals surface area (Å²) in [6.45, 7) is 8.29. The molecule has 1 saturated heterocycles. The Labute approximate surface area is 144 Å². The maximum absolute atomic E-state index is 13.2. The molecule has 130 valence electrons. The molecule has 1 aromatic rings. The maximum Gasteiger partial charge on any atom is 0.275 e. The highest BCUT2D eigenvalue weighted by Crippen LogP contribution is 2.35. The van der Waals surface area contributed by atoms with Crippen LogP contribution in [0.15, 0.2) is 24.3 Å². The Balaban J connectivity index is 1.98. The van der Waals surface area contributed by atoms with Crippen LogP contribution >= 0.6 is 0 Å². The van der Waals surface area contributed by atoms with Gasteiger partial charge in [0.2, 0.25) is 0 Å². The topological polar surface area (TPSA) is 52.6 Å². The molecule has 1 atom stereocenters. The molecule has 0 radical (unpaired) electrons. The molecule has 2 heterocycles. The van der Waals surface area contributed by atoms with Gasteiger partial charge in [-0.05, 0) is 31.9 Å². The van der Waals surface area contributed by atoms with Gasteiger partial charge in [0.05, 0.1) is 5.41 Å². The first-order chi connectivity index (χ1) is 11.5. The molecule has 5 nitrogen and oxygen atoms in total. The van der Waals surface area contributed by atoms with E-state index in [1.54, 1.807) is 0 Å². The van der Waals surface area contributed by atoms with E-state index in [0.717, 1.165) is 37.9 Å². The van der Waals surface area contributed by atoms with Gasteiger partial charge in [-0.15, -0.1) is 0 Å². The van der Waals surface area contributed by atoms with Gasteiger partial charge in [0.1, 0.15) is 0 Å². The van der Waals surface area contributed by atoms with Gasteiger partial charge in [0.15, 0.2) is 0 Å². The third-order valence-corrected chi connectivity index (χ3v) is 5.22. The lowest BCUT2D eigenvalue weighted by Crippen LogP contribution is -2.65. The number of carbonyl (C=O) groups excluding carboxylic acids is 2. The molecule has 0 saturated carbocycles. The summed E-state index contributed by atoms with van der Waals surface area (Å²) in [7, 11) is 0. The molecule has 3 rings (SSSR count). The predicted molar refractivity (Wildman–Crippen MR) is 93.5 cm³/mol. The van der Waals surface area contributed by atoms with Crippen LogP contribution in [0.4, 0.5) is 0 Å². The van der Waals surface area contributed by atoms with Crippen LogP contribution in [-0.2, 0) is 10.2 Å². The zero-order valence-corrected chi connectivity index (χ0v) is 14.8. The molecule has 0 aromatic heterocycles. The van der Waals surface area contributed by atoms with E-state index in [0.29, 0.717) is 12.1 Å². The summed E-state index contributed by atoms with van der Waals surface area (Å²) in [6, 6.07) is 7.68. The fourth-order valence-electron chi connectivity index (χ4n) is 3.74. The Morgan fingerprint density at radius 3 is 2.75 bits per heavy atom. The van der Waals surface area contributed by atoms with Gasteiger partial charge in [-0.3, -0.25) is 9.59 Å². The number of rotatable bonds is 4. The summed E-state index contributed by atoms with van der Waals surface area (Å²) >= 11 is 0. The van der Waals surface area contributed by atoms with Crippen LogP contribution in [0.1, 0.15) is 56.0 Å². The highest BCUT2D eigenvalue weighted by atomic mass is 16.2. The Bertz CT molecular complexity index is 641. The Morgan fingerprint density at radius 2 is 2.00 bits per heavy atom. The third-order valence-electron chi connectivity index (χ3n) is 5.22. The lowest BCUT2D eigenvalue weighted by atomic mass is 9.77. The first-order valence-electron chi connectivity index (χ1n) is 8.94. The smallest absolute Gasteiger partial charge is 0.275 e. The van der Waals surface area contributed by atoms with Crippen molar-refractivity contribution in [2.45, 2.75) is 51.5 Å². The van der Waals surface area contributed by atoms with Crippen molar-refractivity contribution in [1.29, 1.82) is 0 Å². The molecule has 24 heavy (non-hydrogen) atoms. The van der Waals surface area contributed by atoms with Crippen LogP contribution in [0.5, 0.6) is 0 Å². The van der Waals surface area contributed by atoms with Gasteiger partial charge >= 0.3 is 0 Å². The molecule has 1 fully saturated rings. The van der Waals surface area contributed by atoms with Crippen LogP contribution < -0.4 is 5.32 Å². The van der Waals surface area contributed by atoms with E-state index in [1.165, 1.54) is 5.01 Å². The van der Waals surface area contributed by atoms with Crippen molar-refractivity contribution < 1.29 is 9.59 Å². The van der Waals surface area contributed by atoms with Crippen molar-refractivity contribution in [1.82, 2.24) is 15.3 Å². The molecular weight excluding hydrogens is 302 g/mol. The number of nitrogens with one attached hydrogen (secondary N) is 1. The van der Waals surface area contributed by atoms with E-state index in [-0.39, 0.29) is 17.9 Å². The molecular formula is C19H27N3O2. The summed E-state index contributed by atoms with van der Waals surface area (Å²) in [6.07, 6.45) is 3.20.